The Labute approximate surface area is 146 Å². The van der Waals surface area contributed by atoms with Crippen molar-refractivity contribution in [2.75, 3.05) is 24.5 Å². The lowest BCUT2D eigenvalue weighted by Gasteiger charge is -2.29. The summed E-state index contributed by atoms with van der Waals surface area (Å²) in [5, 5.41) is 5.59. The zero-order chi connectivity index (χ0) is 16.4. The number of amides is 3. The van der Waals surface area contributed by atoms with Crippen molar-refractivity contribution in [1.29, 1.82) is 0 Å². The molecule has 1 aromatic carbocycles. The van der Waals surface area contributed by atoms with Gasteiger partial charge in [-0.25, -0.2) is 9.18 Å². The van der Waals surface area contributed by atoms with E-state index in [4.69, 9.17) is 5.73 Å². The van der Waals surface area contributed by atoms with E-state index in [-0.39, 0.29) is 24.0 Å². The van der Waals surface area contributed by atoms with Crippen LogP contribution in [0.3, 0.4) is 0 Å². The molecule has 4 N–H and O–H groups in total. The van der Waals surface area contributed by atoms with Crippen molar-refractivity contribution in [2.45, 2.75) is 31.2 Å². The lowest BCUT2D eigenvalue weighted by molar-refractivity contribution is 0.0899. The fourth-order valence-corrected chi connectivity index (χ4v) is 3.31. The van der Waals surface area contributed by atoms with Crippen LogP contribution in [0.4, 0.5) is 14.9 Å². The molecule has 0 spiro atoms. The number of hydrogen-bond acceptors (Lipinski definition) is 3. The van der Waals surface area contributed by atoms with E-state index in [0.29, 0.717) is 25.3 Å². The molecule has 0 atom stereocenters. The van der Waals surface area contributed by atoms with Crippen molar-refractivity contribution in [2.24, 2.45) is 5.73 Å². The van der Waals surface area contributed by atoms with Crippen LogP contribution in [0.5, 0.6) is 0 Å². The molecule has 24 heavy (non-hydrogen) atoms. The number of nitrogens with two attached hydrogens (primary N) is 1. The largest absolute Gasteiger partial charge is 0.345 e. The zero-order valence-electron chi connectivity index (χ0n) is 13.3. The Morgan fingerprint density at radius 3 is 2.67 bits per heavy atom. The highest BCUT2D eigenvalue weighted by Gasteiger charge is 2.35. The van der Waals surface area contributed by atoms with Crippen molar-refractivity contribution in [1.82, 2.24) is 10.6 Å². The number of nitrogens with zero attached hydrogens (tertiary/aromatic N) is 1. The third-order valence-electron chi connectivity index (χ3n) is 4.69. The topological polar surface area (TPSA) is 87.5 Å². The maximum atomic E-state index is 14.1. The highest BCUT2D eigenvalue weighted by molar-refractivity contribution is 5.99. The lowest BCUT2D eigenvalue weighted by Crippen LogP contribution is -2.51. The summed E-state index contributed by atoms with van der Waals surface area (Å²) in [6.07, 6.45) is 3.64. The second-order valence-electron chi connectivity index (χ2n) is 6.19. The van der Waals surface area contributed by atoms with Crippen LogP contribution >= 0.6 is 12.4 Å². The van der Waals surface area contributed by atoms with Crippen LogP contribution in [-0.4, -0.2) is 37.1 Å². The van der Waals surface area contributed by atoms with E-state index in [1.807, 2.05) is 0 Å². The first-order valence-electron chi connectivity index (χ1n) is 7.92. The first-order valence-corrected chi connectivity index (χ1v) is 7.92. The quantitative estimate of drug-likeness (QED) is 0.768. The summed E-state index contributed by atoms with van der Waals surface area (Å²) in [6, 6.07) is 3.91. The molecule has 3 rings (SSSR count). The first-order chi connectivity index (χ1) is 11.0. The fraction of sp³-hybridized carbons (Fsp3) is 0.500. The Hall–Kier alpha value is -1.86. The molecule has 132 valence electrons. The molecule has 0 unspecified atom stereocenters. The molecule has 2 fully saturated rings. The number of hydrogen-bond donors (Lipinski definition) is 3. The van der Waals surface area contributed by atoms with Crippen molar-refractivity contribution < 1.29 is 14.0 Å². The molecule has 1 aromatic rings. The molecule has 1 saturated heterocycles. The molecule has 1 saturated carbocycles. The van der Waals surface area contributed by atoms with Gasteiger partial charge in [0.2, 0.25) is 0 Å². The standard InChI is InChI=1S/C16H21FN4O2.ClH/c17-13-4-3-11(21-8-7-19-15(21)23)9-12(13)14(22)20-16(10-18)5-1-2-6-16;/h3-4,9H,1-2,5-8,10,18H2,(H,19,23)(H,20,22);1H. The molecule has 0 bridgehead atoms. The molecular weight excluding hydrogens is 335 g/mol. The Bertz CT molecular complexity index is 635. The third kappa shape index (κ3) is 3.47. The minimum atomic E-state index is -0.601. The molecule has 6 nitrogen and oxygen atoms in total. The van der Waals surface area contributed by atoms with E-state index in [9.17, 15) is 14.0 Å². The SMILES string of the molecule is Cl.NCC1(NC(=O)c2cc(N3CCNC3=O)ccc2F)CCCC1. The van der Waals surface area contributed by atoms with Gasteiger partial charge in [0.25, 0.3) is 5.91 Å². The molecule has 0 aromatic heterocycles. The smallest absolute Gasteiger partial charge is 0.321 e. The normalized spacial score (nSPS) is 18.9. The van der Waals surface area contributed by atoms with Gasteiger partial charge in [-0.3, -0.25) is 9.69 Å². The lowest BCUT2D eigenvalue weighted by atomic mass is 9.97. The maximum absolute atomic E-state index is 14.1. The maximum Gasteiger partial charge on any atom is 0.321 e. The number of benzene rings is 1. The monoisotopic (exact) mass is 356 g/mol. The molecule has 1 heterocycles. The summed E-state index contributed by atoms with van der Waals surface area (Å²) in [7, 11) is 0. The average Bonchev–Trinajstić information content (AvgIpc) is 3.17. The van der Waals surface area contributed by atoms with E-state index < -0.39 is 17.3 Å². The number of urea groups is 1. The second kappa shape index (κ2) is 7.36. The predicted octanol–water partition coefficient (Wildman–Crippen LogP) is 1.78. The first kappa shape index (κ1) is 18.5. The van der Waals surface area contributed by atoms with Crippen molar-refractivity contribution in [3.05, 3.63) is 29.6 Å². The summed E-state index contributed by atoms with van der Waals surface area (Å²) in [4.78, 5) is 25.7. The van der Waals surface area contributed by atoms with E-state index in [2.05, 4.69) is 10.6 Å². The van der Waals surface area contributed by atoms with Crippen molar-refractivity contribution in [3.8, 4) is 0 Å². The van der Waals surface area contributed by atoms with Gasteiger partial charge in [-0.1, -0.05) is 12.8 Å². The minimum absolute atomic E-state index is 0. The minimum Gasteiger partial charge on any atom is -0.345 e. The molecule has 3 amide bonds. The van der Waals surface area contributed by atoms with Gasteiger partial charge < -0.3 is 16.4 Å². The van der Waals surface area contributed by atoms with Crippen LogP contribution < -0.4 is 21.3 Å². The average molecular weight is 357 g/mol. The highest BCUT2D eigenvalue weighted by atomic mass is 35.5. The second-order valence-corrected chi connectivity index (χ2v) is 6.19. The summed E-state index contributed by atoms with van der Waals surface area (Å²) in [5.41, 5.74) is 5.83. The van der Waals surface area contributed by atoms with Crippen molar-refractivity contribution >= 4 is 30.0 Å². The molecule has 1 aliphatic carbocycles. The molecule has 0 radical (unpaired) electrons. The Morgan fingerprint density at radius 1 is 1.38 bits per heavy atom. The fourth-order valence-electron chi connectivity index (χ4n) is 3.31. The van der Waals surface area contributed by atoms with Gasteiger partial charge in [-0.15, -0.1) is 12.4 Å². The van der Waals surface area contributed by atoms with Gasteiger partial charge in [0.15, 0.2) is 0 Å². The van der Waals surface area contributed by atoms with Crippen LogP contribution in [0.25, 0.3) is 0 Å². The Balaban J connectivity index is 0.00000208. The van der Waals surface area contributed by atoms with Gasteiger partial charge in [-0.2, -0.15) is 0 Å². The third-order valence-corrected chi connectivity index (χ3v) is 4.69. The van der Waals surface area contributed by atoms with Crippen LogP contribution in [0.1, 0.15) is 36.0 Å². The van der Waals surface area contributed by atoms with Crippen LogP contribution in [0.2, 0.25) is 0 Å². The number of nitrogens with one attached hydrogen (secondary N) is 2. The van der Waals surface area contributed by atoms with E-state index in [0.717, 1.165) is 25.7 Å². The zero-order valence-corrected chi connectivity index (χ0v) is 14.1. The van der Waals surface area contributed by atoms with Gasteiger partial charge >= 0.3 is 6.03 Å². The van der Waals surface area contributed by atoms with Gasteiger partial charge in [0.1, 0.15) is 5.82 Å². The summed E-state index contributed by atoms with van der Waals surface area (Å²) < 4.78 is 14.1. The van der Waals surface area contributed by atoms with Crippen LogP contribution in [0, 0.1) is 5.82 Å². The Morgan fingerprint density at radius 2 is 2.08 bits per heavy atom. The van der Waals surface area contributed by atoms with E-state index in [1.165, 1.54) is 23.1 Å². The predicted molar refractivity (Wildman–Crippen MR) is 92.1 cm³/mol. The van der Waals surface area contributed by atoms with E-state index >= 15 is 0 Å². The Kier molecular flexibility index (Phi) is 5.66. The van der Waals surface area contributed by atoms with E-state index in [1.54, 1.807) is 0 Å². The highest BCUT2D eigenvalue weighted by Crippen LogP contribution is 2.29. The molecule has 8 heteroatoms. The van der Waals surface area contributed by atoms with Gasteiger partial charge in [0, 0.05) is 25.3 Å². The van der Waals surface area contributed by atoms with Crippen molar-refractivity contribution in [3.63, 3.8) is 0 Å². The summed E-state index contributed by atoms with van der Waals surface area (Å²) >= 11 is 0. The molecule has 2 aliphatic rings. The summed E-state index contributed by atoms with van der Waals surface area (Å²) in [5.74, 6) is -1.08. The number of halogens is 2. The number of rotatable bonds is 4. The van der Waals surface area contributed by atoms with Crippen LogP contribution in [-0.2, 0) is 0 Å². The summed E-state index contributed by atoms with van der Waals surface area (Å²) in [6.45, 7) is 1.38. The number of carbonyl (C=O) groups excluding carboxylic acids is 2. The molecule has 1 aliphatic heterocycles. The van der Waals surface area contributed by atoms with Gasteiger partial charge in [0.05, 0.1) is 11.1 Å². The number of carbonyl (C=O) groups is 2. The van der Waals surface area contributed by atoms with Crippen LogP contribution in [0.15, 0.2) is 18.2 Å². The van der Waals surface area contributed by atoms with Gasteiger partial charge in [-0.05, 0) is 31.0 Å². The number of anilines is 1. The molecular formula is C16H22ClFN4O2.